The molecule has 1 amide bonds. The molecule has 0 N–H and O–H groups in total. The number of rotatable bonds is 5. The molecule has 2 aromatic rings. The maximum atomic E-state index is 13.0. The van der Waals surface area contributed by atoms with Crippen molar-refractivity contribution in [1.29, 1.82) is 0 Å². The van der Waals surface area contributed by atoms with Crippen molar-refractivity contribution in [3.63, 3.8) is 0 Å². The van der Waals surface area contributed by atoms with Gasteiger partial charge in [-0.25, -0.2) is 8.42 Å². The number of amides is 1. The molecule has 2 aromatic carbocycles. The van der Waals surface area contributed by atoms with Gasteiger partial charge in [-0.05, 0) is 35.7 Å². The Labute approximate surface area is 148 Å². The smallest absolute Gasteiger partial charge is 0.243 e. The Morgan fingerprint density at radius 2 is 1.88 bits per heavy atom. The highest BCUT2D eigenvalue weighted by Crippen LogP contribution is 2.31. The Morgan fingerprint density at radius 1 is 1.16 bits per heavy atom. The van der Waals surface area contributed by atoms with Crippen molar-refractivity contribution in [3.8, 4) is 0 Å². The van der Waals surface area contributed by atoms with E-state index in [1.165, 1.54) is 11.2 Å². The summed E-state index contributed by atoms with van der Waals surface area (Å²) < 4.78 is 27.5. The third kappa shape index (κ3) is 3.45. The predicted octanol–water partition coefficient (Wildman–Crippen LogP) is 2.81. The van der Waals surface area contributed by atoms with Gasteiger partial charge in [-0.15, -0.1) is 0 Å². The van der Waals surface area contributed by atoms with E-state index < -0.39 is 10.0 Å². The van der Waals surface area contributed by atoms with Crippen LogP contribution in [0.15, 0.2) is 53.4 Å². The zero-order chi connectivity index (χ0) is 18.0. The summed E-state index contributed by atoms with van der Waals surface area (Å²) in [7, 11) is -3.58. The molecule has 6 heteroatoms. The van der Waals surface area contributed by atoms with Gasteiger partial charge in [-0.1, -0.05) is 37.3 Å². The maximum absolute atomic E-state index is 13.0. The van der Waals surface area contributed by atoms with Gasteiger partial charge >= 0.3 is 0 Å². The van der Waals surface area contributed by atoms with Gasteiger partial charge in [0, 0.05) is 32.2 Å². The summed E-state index contributed by atoms with van der Waals surface area (Å²) in [6.07, 6.45) is 0.684. The highest BCUT2D eigenvalue weighted by molar-refractivity contribution is 7.89. The van der Waals surface area contributed by atoms with Crippen molar-refractivity contribution < 1.29 is 13.2 Å². The van der Waals surface area contributed by atoms with Gasteiger partial charge in [-0.3, -0.25) is 4.79 Å². The van der Waals surface area contributed by atoms with Crippen LogP contribution in [-0.2, 0) is 27.8 Å². The van der Waals surface area contributed by atoms with Gasteiger partial charge in [0.25, 0.3) is 0 Å². The molecule has 132 valence electrons. The molecule has 0 spiro atoms. The Hall–Kier alpha value is -2.18. The van der Waals surface area contributed by atoms with Crippen molar-refractivity contribution in [3.05, 3.63) is 59.7 Å². The number of carbonyl (C=O) groups excluding carboxylic acids is 1. The summed E-state index contributed by atoms with van der Waals surface area (Å²) in [6, 6.07) is 14.6. The lowest BCUT2D eigenvalue weighted by Crippen LogP contribution is -2.30. The molecular weight excluding hydrogens is 336 g/mol. The molecule has 1 aliphatic rings. The highest BCUT2D eigenvalue weighted by Gasteiger charge is 2.27. The number of nitrogens with zero attached hydrogens (tertiary/aromatic N) is 2. The first-order chi connectivity index (χ1) is 11.9. The zero-order valence-corrected chi connectivity index (χ0v) is 15.3. The molecule has 1 aliphatic heterocycles. The maximum Gasteiger partial charge on any atom is 0.243 e. The van der Waals surface area contributed by atoms with E-state index in [2.05, 4.69) is 0 Å². The van der Waals surface area contributed by atoms with Crippen LogP contribution < -0.4 is 4.90 Å². The van der Waals surface area contributed by atoms with Crippen LogP contribution in [-0.4, -0.2) is 31.7 Å². The first-order valence-corrected chi connectivity index (χ1v) is 9.82. The van der Waals surface area contributed by atoms with E-state index >= 15 is 0 Å². The number of hydrogen-bond donors (Lipinski definition) is 0. The van der Waals surface area contributed by atoms with Crippen molar-refractivity contribution in [2.45, 2.75) is 31.7 Å². The van der Waals surface area contributed by atoms with Crippen LogP contribution in [0.2, 0.25) is 0 Å². The second kappa shape index (κ2) is 6.98. The van der Waals surface area contributed by atoms with Crippen molar-refractivity contribution in [2.75, 3.05) is 18.0 Å². The minimum Gasteiger partial charge on any atom is -0.312 e. The lowest BCUT2D eigenvalue weighted by atomic mass is 10.2. The fourth-order valence-electron chi connectivity index (χ4n) is 3.17. The molecule has 0 fully saturated rings. The van der Waals surface area contributed by atoms with Gasteiger partial charge in [-0.2, -0.15) is 4.31 Å². The summed E-state index contributed by atoms with van der Waals surface area (Å²) in [5, 5.41) is 0. The van der Waals surface area contributed by atoms with E-state index in [0.717, 1.165) is 16.8 Å². The Balaban J connectivity index is 1.90. The van der Waals surface area contributed by atoms with E-state index in [-0.39, 0.29) is 10.8 Å². The molecule has 5 nitrogen and oxygen atoms in total. The van der Waals surface area contributed by atoms with E-state index in [0.29, 0.717) is 26.1 Å². The average Bonchev–Trinajstić information content (AvgIpc) is 3.03. The van der Waals surface area contributed by atoms with Gasteiger partial charge < -0.3 is 4.90 Å². The number of carbonyl (C=O) groups is 1. The summed E-state index contributed by atoms with van der Waals surface area (Å²) in [4.78, 5) is 13.6. The van der Waals surface area contributed by atoms with E-state index in [9.17, 15) is 13.2 Å². The Kier molecular flexibility index (Phi) is 4.92. The minimum absolute atomic E-state index is 0.0198. The fraction of sp³-hybridized carbons (Fsp3) is 0.316. The topological polar surface area (TPSA) is 57.7 Å². The van der Waals surface area contributed by atoms with Crippen LogP contribution in [0.1, 0.15) is 25.0 Å². The molecule has 3 rings (SSSR count). The molecule has 0 aliphatic carbocycles. The molecule has 0 unspecified atom stereocenters. The van der Waals surface area contributed by atoms with Gasteiger partial charge in [0.1, 0.15) is 0 Å². The van der Waals surface area contributed by atoms with E-state index in [1.807, 2.05) is 37.3 Å². The second-order valence-corrected chi connectivity index (χ2v) is 8.07. The summed E-state index contributed by atoms with van der Waals surface area (Å²) in [5.41, 5.74) is 2.68. The molecule has 0 atom stereocenters. The SMILES string of the molecule is CCN(Cc1ccccc1)S(=O)(=O)c1ccc2c(c1)CCN2C(C)=O. The number of sulfonamides is 1. The van der Waals surface area contributed by atoms with Crippen LogP contribution in [0.3, 0.4) is 0 Å². The van der Waals surface area contributed by atoms with Crippen LogP contribution in [0.25, 0.3) is 0 Å². The molecular formula is C19H22N2O3S. The Bertz CT molecular complexity index is 879. The van der Waals surface area contributed by atoms with Crippen LogP contribution >= 0.6 is 0 Å². The van der Waals surface area contributed by atoms with Gasteiger partial charge in [0.15, 0.2) is 0 Å². The lowest BCUT2D eigenvalue weighted by molar-refractivity contribution is -0.116. The summed E-state index contributed by atoms with van der Waals surface area (Å²) >= 11 is 0. The van der Waals surface area contributed by atoms with Crippen LogP contribution in [0, 0.1) is 0 Å². The third-order valence-corrected chi connectivity index (χ3v) is 6.44. The Morgan fingerprint density at radius 3 is 2.52 bits per heavy atom. The predicted molar refractivity (Wildman–Crippen MR) is 97.9 cm³/mol. The first-order valence-electron chi connectivity index (χ1n) is 8.38. The highest BCUT2D eigenvalue weighted by atomic mass is 32.2. The average molecular weight is 358 g/mol. The van der Waals surface area contributed by atoms with Gasteiger partial charge in [0.2, 0.25) is 15.9 Å². The second-order valence-electron chi connectivity index (χ2n) is 6.13. The standard InChI is InChI=1S/C19H22N2O3S/c1-3-20(14-16-7-5-4-6-8-16)25(23,24)18-9-10-19-17(13-18)11-12-21(19)15(2)22/h4-10,13H,3,11-12,14H2,1-2H3. The van der Waals surface area contributed by atoms with Crippen molar-refractivity contribution in [2.24, 2.45) is 0 Å². The zero-order valence-electron chi connectivity index (χ0n) is 14.5. The monoisotopic (exact) mass is 358 g/mol. The van der Waals surface area contributed by atoms with E-state index in [1.54, 1.807) is 23.1 Å². The molecule has 0 saturated carbocycles. The third-order valence-electron chi connectivity index (χ3n) is 4.52. The molecule has 0 bridgehead atoms. The normalized spacial score (nSPS) is 14.0. The first kappa shape index (κ1) is 17.6. The molecule has 0 saturated heterocycles. The van der Waals surface area contributed by atoms with Crippen molar-refractivity contribution >= 4 is 21.6 Å². The minimum atomic E-state index is -3.58. The lowest BCUT2D eigenvalue weighted by Gasteiger charge is -2.21. The quantitative estimate of drug-likeness (QED) is 0.826. The summed E-state index contributed by atoms with van der Waals surface area (Å²) in [5.74, 6) is -0.0198. The molecule has 25 heavy (non-hydrogen) atoms. The molecule has 0 aromatic heterocycles. The number of hydrogen-bond acceptors (Lipinski definition) is 3. The number of fused-ring (bicyclic) bond motifs is 1. The van der Waals surface area contributed by atoms with E-state index in [4.69, 9.17) is 0 Å². The number of benzene rings is 2. The van der Waals surface area contributed by atoms with Crippen LogP contribution in [0.4, 0.5) is 5.69 Å². The summed E-state index contributed by atoms with van der Waals surface area (Å²) in [6.45, 7) is 4.71. The van der Waals surface area contributed by atoms with Gasteiger partial charge in [0.05, 0.1) is 4.90 Å². The molecule has 1 heterocycles. The van der Waals surface area contributed by atoms with Crippen molar-refractivity contribution in [1.82, 2.24) is 4.31 Å². The molecule has 0 radical (unpaired) electrons. The largest absolute Gasteiger partial charge is 0.312 e. The number of anilines is 1. The van der Waals surface area contributed by atoms with Crippen LogP contribution in [0.5, 0.6) is 0 Å². The fourth-order valence-corrected chi connectivity index (χ4v) is 4.66.